The lowest BCUT2D eigenvalue weighted by atomic mass is 10.3. The standard InChI is InChI=1S/C10H12N4S/c1-7-13-8(6-15-7)9-4-12-10-5-11-2-3-14(9)10/h4,6,11H,2-3,5H2,1H3. The third kappa shape index (κ3) is 1.48. The van der Waals surface area contributed by atoms with Crippen molar-refractivity contribution in [1.29, 1.82) is 0 Å². The highest BCUT2D eigenvalue weighted by molar-refractivity contribution is 7.09. The first kappa shape index (κ1) is 9.06. The van der Waals surface area contributed by atoms with Crippen LogP contribution in [0, 0.1) is 6.92 Å². The Labute approximate surface area is 92.0 Å². The Hall–Kier alpha value is -1.20. The first-order valence-corrected chi connectivity index (χ1v) is 5.90. The third-order valence-corrected chi connectivity index (χ3v) is 3.39. The molecule has 0 unspecified atom stereocenters. The summed E-state index contributed by atoms with van der Waals surface area (Å²) in [5.41, 5.74) is 2.20. The minimum Gasteiger partial charge on any atom is -0.324 e. The zero-order valence-corrected chi connectivity index (χ0v) is 9.34. The molecule has 0 saturated heterocycles. The molecule has 2 aromatic heterocycles. The van der Waals surface area contributed by atoms with Gasteiger partial charge in [-0.15, -0.1) is 11.3 Å². The van der Waals surface area contributed by atoms with Crippen molar-refractivity contribution in [2.45, 2.75) is 20.0 Å². The molecule has 0 fully saturated rings. The van der Waals surface area contributed by atoms with E-state index in [-0.39, 0.29) is 0 Å². The molecule has 0 bridgehead atoms. The molecule has 0 aromatic carbocycles. The number of thiazole rings is 1. The number of aromatic nitrogens is 3. The van der Waals surface area contributed by atoms with Crippen LogP contribution in [0.2, 0.25) is 0 Å². The maximum absolute atomic E-state index is 4.50. The Balaban J connectivity index is 2.08. The second-order valence-corrected chi connectivity index (χ2v) is 4.70. The molecule has 3 rings (SSSR count). The van der Waals surface area contributed by atoms with E-state index in [0.717, 1.165) is 41.9 Å². The van der Waals surface area contributed by atoms with E-state index >= 15 is 0 Å². The molecule has 2 aromatic rings. The Bertz CT molecular complexity index is 485. The van der Waals surface area contributed by atoms with Crippen LogP contribution in [0.3, 0.4) is 0 Å². The Kier molecular flexibility index (Phi) is 2.07. The van der Waals surface area contributed by atoms with Crippen molar-refractivity contribution < 1.29 is 0 Å². The lowest BCUT2D eigenvalue weighted by molar-refractivity contribution is 0.508. The molecule has 5 heteroatoms. The van der Waals surface area contributed by atoms with Crippen LogP contribution in [0.5, 0.6) is 0 Å². The van der Waals surface area contributed by atoms with Gasteiger partial charge in [-0.2, -0.15) is 0 Å². The highest BCUT2D eigenvalue weighted by Gasteiger charge is 2.15. The Morgan fingerprint density at radius 2 is 2.47 bits per heavy atom. The van der Waals surface area contributed by atoms with Gasteiger partial charge in [-0.05, 0) is 6.92 Å². The molecule has 1 aliphatic heterocycles. The first-order chi connectivity index (χ1) is 7.34. The lowest BCUT2D eigenvalue weighted by Crippen LogP contribution is -2.28. The molecule has 78 valence electrons. The van der Waals surface area contributed by atoms with Gasteiger partial charge in [0.25, 0.3) is 0 Å². The van der Waals surface area contributed by atoms with Crippen LogP contribution >= 0.6 is 11.3 Å². The Morgan fingerprint density at radius 3 is 3.27 bits per heavy atom. The predicted molar refractivity (Wildman–Crippen MR) is 59.8 cm³/mol. The normalized spacial score (nSPS) is 15.3. The molecule has 15 heavy (non-hydrogen) atoms. The monoisotopic (exact) mass is 220 g/mol. The quantitative estimate of drug-likeness (QED) is 0.790. The molecule has 1 N–H and O–H groups in total. The van der Waals surface area contributed by atoms with Crippen LogP contribution in [0.1, 0.15) is 10.8 Å². The van der Waals surface area contributed by atoms with Crippen LogP contribution in [0.25, 0.3) is 11.4 Å². The molecule has 0 spiro atoms. The highest BCUT2D eigenvalue weighted by Crippen LogP contribution is 2.23. The van der Waals surface area contributed by atoms with E-state index in [0.29, 0.717) is 0 Å². The number of imidazole rings is 1. The Morgan fingerprint density at radius 1 is 1.53 bits per heavy atom. The fourth-order valence-electron chi connectivity index (χ4n) is 1.88. The van der Waals surface area contributed by atoms with Gasteiger partial charge in [0.2, 0.25) is 0 Å². The van der Waals surface area contributed by atoms with Gasteiger partial charge in [0.15, 0.2) is 0 Å². The van der Waals surface area contributed by atoms with Gasteiger partial charge in [-0.3, -0.25) is 0 Å². The lowest BCUT2D eigenvalue weighted by Gasteiger charge is -2.16. The smallest absolute Gasteiger partial charge is 0.123 e. The molecule has 3 heterocycles. The van der Waals surface area contributed by atoms with Crippen molar-refractivity contribution in [1.82, 2.24) is 19.9 Å². The molecule has 0 amide bonds. The molecular weight excluding hydrogens is 208 g/mol. The number of nitrogens with zero attached hydrogens (tertiary/aromatic N) is 3. The van der Waals surface area contributed by atoms with Gasteiger partial charge in [0.05, 0.1) is 29.1 Å². The SMILES string of the molecule is Cc1nc(-c2cnc3n2CCNC3)cs1. The largest absolute Gasteiger partial charge is 0.324 e. The van der Waals surface area contributed by atoms with Crippen LogP contribution in [-0.4, -0.2) is 21.1 Å². The molecule has 0 radical (unpaired) electrons. The van der Waals surface area contributed by atoms with Crippen LogP contribution in [-0.2, 0) is 13.1 Å². The molecular formula is C10H12N4S. The summed E-state index contributed by atoms with van der Waals surface area (Å²) in [5.74, 6) is 1.11. The minimum atomic E-state index is 0.864. The first-order valence-electron chi connectivity index (χ1n) is 5.02. The molecule has 0 aliphatic carbocycles. The van der Waals surface area contributed by atoms with Gasteiger partial charge in [0.1, 0.15) is 5.82 Å². The fraction of sp³-hybridized carbons (Fsp3) is 0.400. The predicted octanol–water partition coefficient (Wildman–Crippen LogP) is 1.42. The van der Waals surface area contributed by atoms with Crippen LogP contribution in [0.15, 0.2) is 11.6 Å². The topological polar surface area (TPSA) is 42.7 Å². The second kappa shape index (κ2) is 3.43. The van der Waals surface area contributed by atoms with E-state index in [2.05, 4.69) is 25.2 Å². The molecule has 0 saturated carbocycles. The van der Waals surface area contributed by atoms with Crippen molar-refractivity contribution >= 4 is 11.3 Å². The van der Waals surface area contributed by atoms with Crippen LogP contribution < -0.4 is 5.32 Å². The summed E-state index contributed by atoms with van der Waals surface area (Å²) < 4.78 is 2.25. The number of hydrogen-bond donors (Lipinski definition) is 1. The van der Waals surface area contributed by atoms with Gasteiger partial charge in [0, 0.05) is 18.5 Å². The molecule has 0 atom stereocenters. The molecule has 4 nitrogen and oxygen atoms in total. The maximum atomic E-state index is 4.50. The van der Waals surface area contributed by atoms with E-state index < -0.39 is 0 Å². The fourth-order valence-corrected chi connectivity index (χ4v) is 2.49. The van der Waals surface area contributed by atoms with Crippen molar-refractivity contribution in [2.75, 3.05) is 6.54 Å². The summed E-state index contributed by atoms with van der Waals surface area (Å²) in [6.07, 6.45) is 1.93. The number of hydrogen-bond acceptors (Lipinski definition) is 4. The summed E-state index contributed by atoms with van der Waals surface area (Å²) in [5, 5.41) is 6.51. The van der Waals surface area contributed by atoms with Gasteiger partial charge in [-0.1, -0.05) is 0 Å². The van der Waals surface area contributed by atoms with E-state index in [1.807, 2.05) is 13.1 Å². The molecule has 1 aliphatic rings. The van der Waals surface area contributed by atoms with Crippen molar-refractivity contribution in [2.24, 2.45) is 0 Å². The highest BCUT2D eigenvalue weighted by atomic mass is 32.1. The minimum absolute atomic E-state index is 0.864. The van der Waals surface area contributed by atoms with E-state index in [1.165, 1.54) is 0 Å². The zero-order chi connectivity index (χ0) is 10.3. The van der Waals surface area contributed by atoms with Crippen molar-refractivity contribution in [3.8, 4) is 11.4 Å². The number of rotatable bonds is 1. The number of aryl methyl sites for hydroxylation is 1. The van der Waals surface area contributed by atoms with E-state index in [1.54, 1.807) is 11.3 Å². The number of fused-ring (bicyclic) bond motifs is 1. The summed E-state index contributed by atoms with van der Waals surface area (Å²) in [7, 11) is 0. The van der Waals surface area contributed by atoms with Crippen molar-refractivity contribution in [3.63, 3.8) is 0 Å². The summed E-state index contributed by atoms with van der Waals surface area (Å²) in [6, 6.07) is 0. The summed E-state index contributed by atoms with van der Waals surface area (Å²) in [6.45, 7) is 4.90. The number of nitrogens with one attached hydrogen (secondary N) is 1. The van der Waals surface area contributed by atoms with E-state index in [4.69, 9.17) is 0 Å². The van der Waals surface area contributed by atoms with Crippen LogP contribution in [0.4, 0.5) is 0 Å². The third-order valence-electron chi connectivity index (χ3n) is 2.61. The maximum Gasteiger partial charge on any atom is 0.123 e. The average molecular weight is 220 g/mol. The van der Waals surface area contributed by atoms with Gasteiger partial charge in [-0.25, -0.2) is 9.97 Å². The average Bonchev–Trinajstić information content (AvgIpc) is 2.83. The van der Waals surface area contributed by atoms with Crippen molar-refractivity contribution in [3.05, 3.63) is 22.4 Å². The summed E-state index contributed by atoms with van der Waals surface area (Å²) >= 11 is 1.69. The summed E-state index contributed by atoms with van der Waals surface area (Å²) in [4.78, 5) is 8.91. The van der Waals surface area contributed by atoms with E-state index in [9.17, 15) is 0 Å². The zero-order valence-electron chi connectivity index (χ0n) is 8.53. The van der Waals surface area contributed by atoms with Gasteiger partial charge < -0.3 is 9.88 Å². The second-order valence-electron chi connectivity index (χ2n) is 3.64. The van der Waals surface area contributed by atoms with Gasteiger partial charge >= 0.3 is 0 Å².